The third-order valence-corrected chi connectivity index (χ3v) is 2.95. The van der Waals surface area contributed by atoms with Crippen LogP contribution >= 0.6 is 0 Å². The van der Waals surface area contributed by atoms with Gasteiger partial charge in [-0.2, -0.15) is 0 Å². The molecule has 1 saturated carbocycles. The van der Waals surface area contributed by atoms with E-state index >= 15 is 0 Å². The van der Waals surface area contributed by atoms with Crippen molar-refractivity contribution in [3.63, 3.8) is 0 Å². The van der Waals surface area contributed by atoms with Gasteiger partial charge in [-0.15, -0.1) is 0 Å². The summed E-state index contributed by atoms with van der Waals surface area (Å²) >= 11 is 0. The minimum Gasteiger partial charge on any atom is -0.478 e. The molecule has 6 heteroatoms. The van der Waals surface area contributed by atoms with Crippen LogP contribution in [0.4, 0.5) is 0 Å². The van der Waals surface area contributed by atoms with Gasteiger partial charge < -0.3 is 15.7 Å². The van der Waals surface area contributed by atoms with Crippen molar-refractivity contribution in [2.75, 3.05) is 13.1 Å². The highest BCUT2D eigenvalue weighted by Gasteiger charge is 2.19. The molecule has 1 heterocycles. The highest BCUT2D eigenvalue weighted by molar-refractivity contribution is 6.04. The zero-order chi connectivity index (χ0) is 13.7. The van der Waals surface area contributed by atoms with Crippen LogP contribution in [-0.2, 0) is 0 Å². The molecule has 2 rings (SSSR count). The number of nitrogens with zero attached hydrogens (tertiary/aromatic N) is 1. The van der Waals surface area contributed by atoms with Gasteiger partial charge >= 0.3 is 5.97 Å². The Morgan fingerprint density at radius 2 is 2.11 bits per heavy atom. The van der Waals surface area contributed by atoms with Gasteiger partial charge in [-0.1, -0.05) is 0 Å². The lowest BCUT2D eigenvalue weighted by atomic mass is 10.1. The molecule has 0 spiro atoms. The molecule has 0 atom stereocenters. The molecule has 0 radical (unpaired) electrons. The van der Waals surface area contributed by atoms with Crippen LogP contribution in [0.5, 0.6) is 0 Å². The zero-order valence-electron chi connectivity index (χ0n) is 10.6. The lowest BCUT2D eigenvalue weighted by Crippen LogP contribution is -2.29. The molecule has 1 fully saturated rings. The number of hydrogen-bond acceptors (Lipinski definition) is 4. The number of aromatic carboxylic acids is 1. The summed E-state index contributed by atoms with van der Waals surface area (Å²) in [5, 5.41) is 15.0. The molecular weight excluding hydrogens is 246 g/mol. The van der Waals surface area contributed by atoms with Crippen molar-refractivity contribution in [2.24, 2.45) is 0 Å². The Bertz CT molecular complexity index is 472. The fourth-order valence-corrected chi connectivity index (χ4v) is 1.74. The number of carbonyl (C=O) groups is 2. The second-order valence-electron chi connectivity index (χ2n) is 4.56. The Morgan fingerprint density at radius 3 is 2.79 bits per heavy atom. The van der Waals surface area contributed by atoms with Gasteiger partial charge in [0.05, 0.1) is 11.1 Å². The first kappa shape index (κ1) is 13.5. The first-order chi connectivity index (χ1) is 9.18. The highest BCUT2D eigenvalue weighted by atomic mass is 16.4. The van der Waals surface area contributed by atoms with E-state index in [9.17, 15) is 9.59 Å². The quantitative estimate of drug-likeness (QED) is 0.628. The van der Waals surface area contributed by atoms with Gasteiger partial charge in [0.2, 0.25) is 0 Å². The summed E-state index contributed by atoms with van der Waals surface area (Å²) in [5.74, 6) is -1.51. The first-order valence-corrected chi connectivity index (χ1v) is 6.37. The summed E-state index contributed by atoms with van der Waals surface area (Å²) in [6, 6.07) is 2.08. The number of aromatic nitrogens is 1. The predicted octanol–water partition coefficient (Wildman–Crippen LogP) is 0.652. The Balaban J connectivity index is 1.79. The maximum Gasteiger partial charge on any atom is 0.338 e. The van der Waals surface area contributed by atoms with Gasteiger partial charge in [-0.05, 0) is 31.9 Å². The molecule has 0 unspecified atom stereocenters. The molecule has 0 aliphatic heterocycles. The first-order valence-electron chi connectivity index (χ1n) is 6.37. The second-order valence-corrected chi connectivity index (χ2v) is 4.56. The molecule has 6 nitrogen and oxygen atoms in total. The van der Waals surface area contributed by atoms with Gasteiger partial charge in [0.15, 0.2) is 0 Å². The molecule has 0 saturated heterocycles. The van der Waals surface area contributed by atoms with Crippen LogP contribution in [0.2, 0.25) is 0 Å². The molecule has 3 N–H and O–H groups in total. The average molecular weight is 263 g/mol. The normalized spacial score (nSPS) is 14.1. The number of amides is 1. The predicted molar refractivity (Wildman–Crippen MR) is 69.2 cm³/mol. The van der Waals surface area contributed by atoms with Crippen molar-refractivity contribution in [3.8, 4) is 0 Å². The van der Waals surface area contributed by atoms with Crippen LogP contribution in [-0.4, -0.2) is 41.1 Å². The molecule has 0 bridgehead atoms. The minimum atomic E-state index is -1.14. The van der Waals surface area contributed by atoms with Crippen LogP contribution in [0.25, 0.3) is 0 Å². The summed E-state index contributed by atoms with van der Waals surface area (Å²) in [5.41, 5.74) is 0.0776. The van der Waals surface area contributed by atoms with Crippen molar-refractivity contribution >= 4 is 11.9 Å². The number of pyridine rings is 1. The van der Waals surface area contributed by atoms with Crippen LogP contribution in [0.15, 0.2) is 18.5 Å². The van der Waals surface area contributed by atoms with E-state index < -0.39 is 5.97 Å². The summed E-state index contributed by atoms with van der Waals surface area (Å²) in [4.78, 5) is 26.5. The Hall–Kier alpha value is -1.95. The number of carboxylic acids is 1. The van der Waals surface area contributed by atoms with Crippen molar-refractivity contribution in [3.05, 3.63) is 29.6 Å². The van der Waals surface area contributed by atoms with Crippen LogP contribution in [0, 0.1) is 0 Å². The largest absolute Gasteiger partial charge is 0.478 e. The fraction of sp³-hybridized carbons (Fsp3) is 0.462. The van der Waals surface area contributed by atoms with Gasteiger partial charge in [-0.3, -0.25) is 9.78 Å². The third kappa shape index (κ3) is 4.03. The monoisotopic (exact) mass is 263 g/mol. The number of rotatable bonds is 7. The Kier molecular flexibility index (Phi) is 4.46. The Labute approximate surface area is 111 Å². The fourth-order valence-electron chi connectivity index (χ4n) is 1.74. The van der Waals surface area contributed by atoms with Gasteiger partial charge in [-0.25, -0.2) is 4.79 Å². The number of nitrogens with one attached hydrogen (secondary N) is 2. The van der Waals surface area contributed by atoms with Crippen LogP contribution in [0.1, 0.15) is 40.0 Å². The van der Waals surface area contributed by atoms with E-state index in [0.29, 0.717) is 12.6 Å². The van der Waals surface area contributed by atoms with E-state index in [-0.39, 0.29) is 17.0 Å². The third-order valence-electron chi connectivity index (χ3n) is 2.95. The topological polar surface area (TPSA) is 91.3 Å². The molecule has 1 aliphatic carbocycles. The van der Waals surface area contributed by atoms with E-state index in [2.05, 4.69) is 15.6 Å². The van der Waals surface area contributed by atoms with Gasteiger partial charge in [0.1, 0.15) is 0 Å². The molecule has 1 aromatic heterocycles. The van der Waals surface area contributed by atoms with E-state index in [1.165, 1.54) is 31.3 Å². The number of carbonyl (C=O) groups excluding carboxylic acids is 1. The molecule has 1 amide bonds. The standard InChI is InChI=1S/C13H17N3O3/c17-12(16-6-1-5-15-9-2-3-9)10-4-7-14-8-11(10)13(18)19/h4,7-9,15H,1-3,5-6H2,(H,16,17)(H,18,19). The molecule has 0 aromatic carbocycles. The molecule has 1 aliphatic rings. The second kappa shape index (κ2) is 6.29. The van der Waals surface area contributed by atoms with Crippen LogP contribution in [0.3, 0.4) is 0 Å². The summed E-state index contributed by atoms with van der Waals surface area (Å²) in [6.45, 7) is 1.40. The molecular formula is C13H17N3O3. The molecule has 19 heavy (non-hydrogen) atoms. The maximum absolute atomic E-state index is 11.9. The van der Waals surface area contributed by atoms with Crippen molar-refractivity contribution in [1.29, 1.82) is 0 Å². The summed E-state index contributed by atoms with van der Waals surface area (Å²) in [7, 11) is 0. The Morgan fingerprint density at radius 1 is 1.32 bits per heavy atom. The highest BCUT2D eigenvalue weighted by Crippen LogP contribution is 2.18. The van der Waals surface area contributed by atoms with Crippen molar-refractivity contribution < 1.29 is 14.7 Å². The van der Waals surface area contributed by atoms with Gasteiger partial charge in [0.25, 0.3) is 5.91 Å². The molecule has 1 aromatic rings. The lowest BCUT2D eigenvalue weighted by molar-refractivity contribution is 0.0690. The van der Waals surface area contributed by atoms with Crippen LogP contribution < -0.4 is 10.6 Å². The summed E-state index contributed by atoms with van der Waals surface area (Å²) in [6.07, 6.45) is 5.91. The van der Waals surface area contributed by atoms with E-state index in [0.717, 1.165) is 13.0 Å². The van der Waals surface area contributed by atoms with Crippen molar-refractivity contribution in [2.45, 2.75) is 25.3 Å². The SMILES string of the molecule is O=C(O)c1cnccc1C(=O)NCCCNC1CC1. The van der Waals surface area contributed by atoms with E-state index in [4.69, 9.17) is 5.11 Å². The minimum absolute atomic E-state index is 0.0731. The van der Waals surface area contributed by atoms with Gasteiger partial charge in [0, 0.05) is 25.0 Å². The maximum atomic E-state index is 11.9. The average Bonchev–Trinajstić information content (AvgIpc) is 3.22. The summed E-state index contributed by atoms with van der Waals surface area (Å²) < 4.78 is 0. The number of hydrogen-bond donors (Lipinski definition) is 3. The van der Waals surface area contributed by atoms with E-state index in [1.807, 2.05) is 0 Å². The van der Waals surface area contributed by atoms with E-state index in [1.54, 1.807) is 0 Å². The number of carboxylic acid groups (broad SMARTS) is 1. The van der Waals surface area contributed by atoms with Crippen molar-refractivity contribution in [1.82, 2.24) is 15.6 Å². The molecule has 102 valence electrons. The smallest absolute Gasteiger partial charge is 0.338 e. The lowest BCUT2D eigenvalue weighted by Gasteiger charge is -2.07. The zero-order valence-corrected chi connectivity index (χ0v) is 10.6.